The first-order valence-electron chi connectivity index (χ1n) is 8.49. The lowest BCUT2D eigenvalue weighted by Gasteiger charge is -2.12. The number of benzene rings is 2. The number of nitrogens with zero attached hydrogens (tertiary/aromatic N) is 3. The second-order valence-electron chi connectivity index (χ2n) is 6.05. The van der Waals surface area contributed by atoms with Crippen molar-refractivity contribution in [2.45, 2.75) is 6.92 Å². The topological polar surface area (TPSA) is 79.4 Å². The van der Waals surface area contributed by atoms with Crippen LogP contribution in [0.5, 0.6) is 0 Å². The Morgan fingerprint density at radius 1 is 1.11 bits per heavy atom. The highest BCUT2D eigenvalue weighted by molar-refractivity contribution is 5.94. The van der Waals surface area contributed by atoms with Gasteiger partial charge in [0, 0.05) is 30.9 Å². The van der Waals surface area contributed by atoms with Crippen molar-refractivity contribution >= 4 is 11.7 Å². The van der Waals surface area contributed by atoms with Crippen LogP contribution >= 0.6 is 0 Å². The van der Waals surface area contributed by atoms with Gasteiger partial charge in [-0.05, 0) is 55.5 Å². The smallest absolute Gasteiger partial charge is 0.361 e. The molecule has 2 aromatic carbocycles. The van der Waals surface area contributed by atoms with Crippen molar-refractivity contribution in [1.29, 1.82) is 5.26 Å². The van der Waals surface area contributed by atoms with Crippen LogP contribution < -0.4 is 4.90 Å². The Morgan fingerprint density at radius 2 is 1.74 bits per heavy atom. The maximum Gasteiger partial charge on any atom is 0.361 e. The number of esters is 1. The molecule has 0 atom stereocenters. The van der Waals surface area contributed by atoms with Crippen LogP contribution in [0.15, 0.2) is 52.9 Å². The van der Waals surface area contributed by atoms with E-state index in [1.807, 2.05) is 43.3 Å². The first kappa shape index (κ1) is 18.2. The lowest BCUT2D eigenvalue weighted by atomic mass is 10.1. The third kappa shape index (κ3) is 3.82. The van der Waals surface area contributed by atoms with Crippen molar-refractivity contribution in [2.75, 3.05) is 25.6 Å². The molecular formula is C21H19N3O3. The molecule has 3 rings (SSSR count). The van der Waals surface area contributed by atoms with E-state index in [1.54, 1.807) is 31.2 Å². The predicted octanol–water partition coefficient (Wildman–Crippen LogP) is 4.12. The zero-order chi connectivity index (χ0) is 19.4. The summed E-state index contributed by atoms with van der Waals surface area (Å²) in [4.78, 5) is 18.7. The van der Waals surface area contributed by atoms with Gasteiger partial charge in [-0.2, -0.15) is 5.26 Å². The largest absolute Gasteiger partial charge is 0.461 e. The number of rotatable bonds is 5. The van der Waals surface area contributed by atoms with Crippen LogP contribution in [0, 0.1) is 11.3 Å². The van der Waals surface area contributed by atoms with Crippen molar-refractivity contribution in [1.82, 2.24) is 4.98 Å². The average molecular weight is 361 g/mol. The molecule has 0 aliphatic heterocycles. The molecule has 0 spiro atoms. The minimum atomic E-state index is -0.534. The molecule has 6 heteroatoms. The van der Waals surface area contributed by atoms with Gasteiger partial charge in [-0.3, -0.25) is 0 Å². The summed E-state index contributed by atoms with van der Waals surface area (Å²) in [6, 6.07) is 16.5. The van der Waals surface area contributed by atoms with Crippen molar-refractivity contribution in [3.05, 3.63) is 59.8 Å². The van der Waals surface area contributed by atoms with Crippen LogP contribution in [0.1, 0.15) is 23.0 Å². The van der Waals surface area contributed by atoms with Crippen LogP contribution in [0.4, 0.5) is 5.69 Å². The molecule has 6 nitrogen and oxygen atoms in total. The van der Waals surface area contributed by atoms with Gasteiger partial charge in [0.05, 0.1) is 18.2 Å². The lowest BCUT2D eigenvalue weighted by molar-refractivity contribution is 0.0520. The van der Waals surface area contributed by atoms with E-state index in [0.717, 1.165) is 11.3 Å². The molecule has 0 fully saturated rings. The molecule has 0 unspecified atom stereocenters. The van der Waals surface area contributed by atoms with E-state index in [0.29, 0.717) is 22.8 Å². The van der Waals surface area contributed by atoms with Gasteiger partial charge in [0.2, 0.25) is 5.89 Å². The standard InChI is InChI=1S/C21H19N3O3/c1-4-26-21(25)18-19(15-9-11-17(12-10-15)24(2)3)27-20(23-18)16-7-5-14(13-22)6-8-16/h5-12H,4H2,1-3H3. The molecule has 27 heavy (non-hydrogen) atoms. The monoisotopic (exact) mass is 361 g/mol. The van der Waals surface area contributed by atoms with E-state index in [1.165, 1.54) is 0 Å². The molecule has 136 valence electrons. The van der Waals surface area contributed by atoms with Gasteiger partial charge < -0.3 is 14.1 Å². The van der Waals surface area contributed by atoms with Gasteiger partial charge in [0.1, 0.15) is 0 Å². The molecule has 0 aliphatic carbocycles. The van der Waals surface area contributed by atoms with Crippen LogP contribution in [0.2, 0.25) is 0 Å². The second-order valence-corrected chi connectivity index (χ2v) is 6.05. The molecular weight excluding hydrogens is 342 g/mol. The second kappa shape index (κ2) is 7.75. The summed E-state index contributed by atoms with van der Waals surface area (Å²) < 4.78 is 11.0. The molecule has 1 aromatic heterocycles. The molecule has 0 aliphatic rings. The van der Waals surface area contributed by atoms with Gasteiger partial charge in [-0.1, -0.05) is 0 Å². The molecule has 0 saturated carbocycles. The lowest BCUT2D eigenvalue weighted by Crippen LogP contribution is -2.08. The number of aromatic nitrogens is 1. The normalized spacial score (nSPS) is 10.3. The first-order valence-corrected chi connectivity index (χ1v) is 8.49. The fourth-order valence-electron chi connectivity index (χ4n) is 2.58. The molecule has 0 N–H and O–H groups in total. The minimum Gasteiger partial charge on any atom is -0.461 e. The summed E-state index contributed by atoms with van der Waals surface area (Å²) in [5, 5.41) is 8.94. The van der Waals surface area contributed by atoms with E-state index in [4.69, 9.17) is 14.4 Å². The Labute approximate surface area is 157 Å². The third-order valence-corrected chi connectivity index (χ3v) is 4.00. The average Bonchev–Trinajstić information content (AvgIpc) is 3.14. The molecule has 3 aromatic rings. The fraction of sp³-hybridized carbons (Fsp3) is 0.190. The molecule has 1 heterocycles. The number of ether oxygens (including phenoxy) is 1. The van der Waals surface area contributed by atoms with Gasteiger partial charge >= 0.3 is 5.97 Å². The SMILES string of the molecule is CCOC(=O)c1nc(-c2ccc(C#N)cc2)oc1-c1ccc(N(C)C)cc1. The first-order chi connectivity index (χ1) is 13.0. The summed E-state index contributed by atoms with van der Waals surface area (Å²) in [5.41, 5.74) is 3.11. The zero-order valence-electron chi connectivity index (χ0n) is 15.4. The summed E-state index contributed by atoms with van der Waals surface area (Å²) in [6.45, 7) is 1.99. The van der Waals surface area contributed by atoms with Crippen molar-refractivity contribution in [3.63, 3.8) is 0 Å². The van der Waals surface area contributed by atoms with E-state index in [-0.39, 0.29) is 12.3 Å². The highest BCUT2D eigenvalue weighted by Gasteiger charge is 2.23. The van der Waals surface area contributed by atoms with Crippen molar-refractivity contribution in [2.24, 2.45) is 0 Å². The predicted molar refractivity (Wildman–Crippen MR) is 102 cm³/mol. The Hall–Kier alpha value is -3.59. The van der Waals surface area contributed by atoms with Crippen LogP contribution in [-0.4, -0.2) is 31.7 Å². The number of hydrogen-bond donors (Lipinski definition) is 0. The van der Waals surface area contributed by atoms with Gasteiger partial charge in [-0.25, -0.2) is 9.78 Å². The Balaban J connectivity index is 2.06. The van der Waals surface area contributed by atoms with Crippen LogP contribution in [0.25, 0.3) is 22.8 Å². The Kier molecular flexibility index (Phi) is 5.23. The summed E-state index contributed by atoms with van der Waals surface area (Å²) in [7, 11) is 3.91. The van der Waals surface area contributed by atoms with Crippen molar-refractivity contribution in [3.8, 4) is 28.8 Å². The molecule has 0 saturated heterocycles. The number of carbonyl (C=O) groups excluding carboxylic acids is 1. The van der Waals surface area contributed by atoms with E-state index in [2.05, 4.69) is 11.1 Å². The highest BCUT2D eigenvalue weighted by atomic mass is 16.5. The Bertz CT molecular complexity index is 981. The number of carbonyl (C=O) groups is 1. The minimum absolute atomic E-state index is 0.133. The van der Waals surface area contributed by atoms with Crippen LogP contribution in [-0.2, 0) is 4.74 Å². The van der Waals surface area contributed by atoms with E-state index >= 15 is 0 Å². The van der Waals surface area contributed by atoms with Gasteiger partial charge in [0.25, 0.3) is 0 Å². The van der Waals surface area contributed by atoms with E-state index in [9.17, 15) is 4.79 Å². The fourth-order valence-corrected chi connectivity index (χ4v) is 2.58. The molecule has 0 amide bonds. The number of oxazole rings is 1. The molecule has 0 radical (unpaired) electrons. The summed E-state index contributed by atoms with van der Waals surface area (Å²) >= 11 is 0. The highest BCUT2D eigenvalue weighted by Crippen LogP contribution is 2.31. The quantitative estimate of drug-likeness (QED) is 0.636. The maximum atomic E-state index is 12.4. The summed E-state index contributed by atoms with van der Waals surface area (Å²) in [5.74, 6) is 0.125. The van der Waals surface area contributed by atoms with Gasteiger partial charge in [0.15, 0.2) is 11.5 Å². The summed E-state index contributed by atoms with van der Waals surface area (Å²) in [6.07, 6.45) is 0. The zero-order valence-corrected chi connectivity index (χ0v) is 15.4. The number of hydrogen-bond acceptors (Lipinski definition) is 6. The third-order valence-electron chi connectivity index (χ3n) is 4.00. The maximum absolute atomic E-state index is 12.4. The van der Waals surface area contributed by atoms with Gasteiger partial charge in [-0.15, -0.1) is 0 Å². The van der Waals surface area contributed by atoms with Crippen molar-refractivity contribution < 1.29 is 13.9 Å². The molecule has 0 bridgehead atoms. The van der Waals surface area contributed by atoms with Crippen LogP contribution in [0.3, 0.4) is 0 Å². The number of nitriles is 1. The number of anilines is 1. The Morgan fingerprint density at radius 3 is 2.30 bits per heavy atom. The van der Waals surface area contributed by atoms with E-state index < -0.39 is 5.97 Å².